The minimum absolute atomic E-state index is 0.176. The SMILES string of the molecule is CCCCC(C(C)C)n1c2ccccc2c2c(N(c3ccc(-c4ccccc4)cc3)c3cc4c(c5c3oc3ccccc35)-c3c(ccc5ccccc35)C4(CC)CC)cccc21. The summed E-state index contributed by atoms with van der Waals surface area (Å²) in [6, 6.07) is 61.3. The molecule has 2 heterocycles. The fraction of sp³-hybridized carbons (Fsp3) is 0.220. The van der Waals surface area contributed by atoms with E-state index >= 15 is 0 Å². The molecular formula is C59H54N2O. The van der Waals surface area contributed by atoms with Gasteiger partial charge in [0, 0.05) is 44.2 Å². The van der Waals surface area contributed by atoms with E-state index in [0.717, 1.165) is 52.9 Å². The molecule has 3 heteroatoms. The van der Waals surface area contributed by atoms with Crippen LogP contribution in [0, 0.1) is 5.92 Å². The predicted octanol–water partition coefficient (Wildman–Crippen LogP) is 17.5. The van der Waals surface area contributed by atoms with E-state index in [9.17, 15) is 0 Å². The number of aromatic nitrogens is 1. The topological polar surface area (TPSA) is 21.3 Å². The van der Waals surface area contributed by atoms with E-state index in [1.807, 2.05) is 0 Å². The maximum atomic E-state index is 7.26. The van der Waals surface area contributed by atoms with E-state index in [1.165, 1.54) is 84.2 Å². The molecule has 306 valence electrons. The Labute approximate surface area is 365 Å². The normalized spacial score (nSPS) is 13.8. The first-order valence-electron chi connectivity index (χ1n) is 23.0. The van der Waals surface area contributed by atoms with Crippen molar-refractivity contribution in [3.8, 4) is 22.3 Å². The monoisotopic (exact) mass is 806 g/mol. The quantitative estimate of drug-likeness (QED) is 0.130. The van der Waals surface area contributed by atoms with Crippen LogP contribution in [0.1, 0.15) is 83.9 Å². The summed E-state index contributed by atoms with van der Waals surface area (Å²) in [6.07, 6.45) is 5.51. The van der Waals surface area contributed by atoms with Crippen LogP contribution in [-0.4, -0.2) is 4.57 Å². The zero-order valence-corrected chi connectivity index (χ0v) is 36.6. The van der Waals surface area contributed by atoms with E-state index < -0.39 is 0 Å². The second-order valence-corrected chi connectivity index (χ2v) is 17.9. The van der Waals surface area contributed by atoms with Gasteiger partial charge in [-0.3, -0.25) is 0 Å². The Hall–Kier alpha value is -6.58. The molecule has 0 aliphatic heterocycles. The van der Waals surface area contributed by atoms with Gasteiger partial charge in [-0.2, -0.15) is 0 Å². The van der Waals surface area contributed by atoms with E-state index in [0.29, 0.717) is 12.0 Å². The lowest BCUT2D eigenvalue weighted by atomic mass is 9.73. The Morgan fingerprint density at radius 1 is 0.565 bits per heavy atom. The van der Waals surface area contributed by atoms with Crippen LogP contribution >= 0.6 is 0 Å². The molecule has 8 aromatic carbocycles. The molecule has 0 amide bonds. The third-order valence-corrected chi connectivity index (χ3v) is 14.4. The maximum absolute atomic E-state index is 7.26. The summed E-state index contributed by atoms with van der Waals surface area (Å²) in [5.41, 5.74) is 15.5. The molecule has 1 atom stereocenters. The van der Waals surface area contributed by atoms with Crippen molar-refractivity contribution in [3.05, 3.63) is 175 Å². The predicted molar refractivity (Wildman–Crippen MR) is 265 cm³/mol. The summed E-state index contributed by atoms with van der Waals surface area (Å²) in [5.74, 6) is 0.478. The molecule has 62 heavy (non-hydrogen) atoms. The molecule has 3 nitrogen and oxygen atoms in total. The molecule has 0 saturated carbocycles. The minimum Gasteiger partial charge on any atom is -0.454 e. The van der Waals surface area contributed by atoms with Gasteiger partial charge in [-0.1, -0.05) is 169 Å². The van der Waals surface area contributed by atoms with Crippen molar-refractivity contribution >= 4 is 71.6 Å². The number of hydrogen-bond acceptors (Lipinski definition) is 2. The van der Waals surface area contributed by atoms with E-state index in [4.69, 9.17) is 4.42 Å². The van der Waals surface area contributed by atoms with Gasteiger partial charge in [0.25, 0.3) is 0 Å². The maximum Gasteiger partial charge on any atom is 0.160 e. The molecular weight excluding hydrogens is 753 g/mol. The van der Waals surface area contributed by atoms with Crippen molar-refractivity contribution in [3.63, 3.8) is 0 Å². The fourth-order valence-electron chi connectivity index (χ4n) is 11.4. The summed E-state index contributed by atoms with van der Waals surface area (Å²) >= 11 is 0. The highest BCUT2D eigenvalue weighted by molar-refractivity contribution is 6.23. The summed E-state index contributed by atoms with van der Waals surface area (Å²) in [6.45, 7) is 11.9. The second-order valence-electron chi connectivity index (χ2n) is 17.9. The lowest BCUT2D eigenvalue weighted by Crippen LogP contribution is -2.23. The third kappa shape index (κ3) is 5.63. The number of hydrogen-bond donors (Lipinski definition) is 0. The summed E-state index contributed by atoms with van der Waals surface area (Å²) in [7, 11) is 0. The first-order chi connectivity index (χ1) is 30.5. The van der Waals surface area contributed by atoms with Crippen LogP contribution in [0.15, 0.2) is 168 Å². The Bertz CT molecular complexity index is 3290. The van der Waals surface area contributed by atoms with Gasteiger partial charge in [0.05, 0.1) is 16.9 Å². The van der Waals surface area contributed by atoms with Crippen molar-refractivity contribution in [1.82, 2.24) is 4.57 Å². The highest BCUT2D eigenvalue weighted by Crippen LogP contribution is 2.60. The molecule has 0 N–H and O–H groups in total. The van der Waals surface area contributed by atoms with Gasteiger partial charge in [0.15, 0.2) is 5.58 Å². The molecule has 0 fully saturated rings. The van der Waals surface area contributed by atoms with Crippen LogP contribution in [0.25, 0.3) is 76.8 Å². The zero-order chi connectivity index (χ0) is 42.1. The van der Waals surface area contributed by atoms with Gasteiger partial charge in [0.2, 0.25) is 0 Å². The largest absolute Gasteiger partial charge is 0.454 e. The number of rotatable bonds is 11. The summed E-state index contributed by atoms with van der Waals surface area (Å²) < 4.78 is 9.93. The molecule has 1 aliphatic carbocycles. The zero-order valence-electron chi connectivity index (χ0n) is 36.6. The van der Waals surface area contributed by atoms with E-state index in [1.54, 1.807) is 0 Å². The van der Waals surface area contributed by atoms with Crippen LogP contribution in [0.3, 0.4) is 0 Å². The van der Waals surface area contributed by atoms with Gasteiger partial charge >= 0.3 is 0 Å². The van der Waals surface area contributed by atoms with Crippen molar-refractivity contribution in [1.29, 1.82) is 0 Å². The number of unbranched alkanes of at least 4 members (excludes halogenated alkanes) is 1. The Balaban J connectivity index is 1.28. The van der Waals surface area contributed by atoms with Gasteiger partial charge in [0.1, 0.15) is 5.58 Å². The van der Waals surface area contributed by atoms with Gasteiger partial charge in [-0.05, 0) is 112 Å². The minimum atomic E-state index is -0.176. The summed E-state index contributed by atoms with van der Waals surface area (Å²) in [5, 5.41) is 7.49. The smallest absolute Gasteiger partial charge is 0.160 e. The number of benzene rings is 8. The standard InChI is InChI=1S/C59H54N2O/c1-6-9-26-48(38(4)5)61-49-27-17-15-24-44(49)55-50(28-19-29-51(55)61)60(42-34-31-40(32-35-42)39-20-11-10-12-21-39)52-37-47-57(56-45-25-16-18-30-53(45)62-58(52)56)54-43-23-14-13-22-41(43)33-36-46(54)59(47,7-2)8-3/h10-25,27-38,48H,6-9,26H2,1-5H3. The lowest BCUT2D eigenvalue weighted by Gasteiger charge is -2.32. The fourth-order valence-corrected chi connectivity index (χ4v) is 11.4. The third-order valence-electron chi connectivity index (χ3n) is 14.4. The number of para-hydroxylation sites is 2. The Kier molecular flexibility index (Phi) is 9.34. The van der Waals surface area contributed by atoms with Crippen LogP contribution in [-0.2, 0) is 5.41 Å². The van der Waals surface area contributed by atoms with Gasteiger partial charge in [-0.25, -0.2) is 0 Å². The van der Waals surface area contributed by atoms with E-state index in [2.05, 4.69) is 208 Å². The van der Waals surface area contributed by atoms with Crippen molar-refractivity contribution in [2.24, 2.45) is 5.92 Å². The first kappa shape index (κ1) is 38.3. The summed E-state index contributed by atoms with van der Waals surface area (Å²) in [4.78, 5) is 2.53. The molecule has 1 unspecified atom stereocenters. The Morgan fingerprint density at radius 3 is 2.00 bits per heavy atom. The van der Waals surface area contributed by atoms with Gasteiger partial charge in [-0.15, -0.1) is 0 Å². The molecule has 2 aromatic heterocycles. The number of nitrogens with zero attached hydrogens (tertiary/aromatic N) is 2. The Morgan fingerprint density at radius 2 is 1.24 bits per heavy atom. The molecule has 0 bridgehead atoms. The number of furan rings is 1. The highest BCUT2D eigenvalue weighted by atomic mass is 16.3. The van der Waals surface area contributed by atoms with Crippen LogP contribution < -0.4 is 4.90 Å². The molecule has 11 rings (SSSR count). The molecule has 0 radical (unpaired) electrons. The number of fused-ring (bicyclic) bond motifs is 12. The molecule has 1 aliphatic rings. The van der Waals surface area contributed by atoms with Crippen LogP contribution in [0.5, 0.6) is 0 Å². The highest BCUT2D eigenvalue weighted by Gasteiger charge is 2.44. The van der Waals surface area contributed by atoms with Crippen molar-refractivity contribution < 1.29 is 4.42 Å². The molecule has 0 saturated heterocycles. The molecule has 10 aromatic rings. The van der Waals surface area contributed by atoms with Crippen molar-refractivity contribution in [2.75, 3.05) is 4.90 Å². The van der Waals surface area contributed by atoms with Gasteiger partial charge < -0.3 is 13.9 Å². The molecule has 0 spiro atoms. The first-order valence-corrected chi connectivity index (χ1v) is 23.0. The van der Waals surface area contributed by atoms with Crippen LogP contribution in [0.2, 0.25) is 0 Å². The average molecular weight is 807 g/mol. The van der Waals surface area contributed by atoms with Crippen LogP contribution in [0.4, 0.5) is 17.1 Å². The second kappa shape index (κ2) is 15.1. The van der Waals surface area contributed by atoms with Crippen molar-refractivity contribution in [2.45, 2.75) is 78.2 Å². The van der Waals surface area contributed by atoms with E-state index in [-0.39, 0.29) is 5.41 Å². The average Bonchev–Trinajstić information content (AvgIpc) is 3.96. The number of anilines is 3. The lowest BCUT2D eigenvalue weighted by molar-refractivity contribution is 0.360.